The predicted molar refractivity (Wildman–Crippen MR) is 75.2 cm³/mol. The quantitative estimate of drug-likeness (QED) is 0.702. The fourth-order valence-corrected chi connectivity index (χ4v) is 3.79. The molecule has 0 radical (unpaired) electrons. The fraction of sp³-hybridized carbons (Fsp3) is 0.308. The van der Waals surface area contributed by atoms with Crippen LogP contribution in [0.2, 0.25) is 5.15 Å². The van der Waals surface area contributed by atoms with E-state index in [1.54, 1.807) is 23.0 Å². The van der Waals surface area contributed by atoms with Crippen molar-refractivity contribution in [3.8, 4) is 0 Å². The van der Waals surface area contributed by atoms with Gasteiger partial charge in [0.1, 0.15) is 5.15 Å². The second-order valence-electron chi connectivity index (χ2n) is 5.14. The first-order valence-corrected chi connectivity index (χ1v) is 7.71. The van der Waals surface area contributed by atoms with Gasteiger partial charge in [0.25, 0.3) is 0 Å². The Hall–Kier alpha value is -1.67. The molecule has 1 aliphatic carbocycles. The van der Waals surface area contributed by atoms with Gasteiger partial charge in [0.05, 0.1) is 5.01 Å². The molecule has 3 aromatic heterocycles. The van der Waals surface area contributed by atoms with E-state index in [9.17, 15) is 13.2 Å². The predicted octanol–water partition coefficient (Wildman–Crippen LogP) is 4.13. The normalized spacial score (nSPS) is 21.5. The summed E-state index contributed by atoms with van der Waals surface area (Å²) in [5.74, 6) is 0.0673. The summed E-state index contributed by atoms with van der Waals surface area (Å²) >= 11 is 7.04. The molecule has 1 fully saturated rings. The van der Waals surface area contributed by atoms with Gasteiger partial charge in [0, 0.05) is 29.3 Å². The molecule has 22 heavy (non-hydrogen) atoms. The Kier molecular flexibility index (Phi) is 2.96. The first kappa shape index (κ1) is 14.0. The van der Waals surface area contributed by atoms with E-state index in [-0.39, 0.29) is 11.8 Å². The van der Waals surface area contributed by atoms with Crippen molar-refractivity contribution >= 4 is 28.6 Å². The summed E-state index contributed by atoms with van der Waals surface area (Å²) in [5.41, 5.74) is 0.764. The van der Waals surface area contributed by atoms with Crippen molar-refractivity contribution in [2.45, 2.75) is 24.4 Å². The topological polar surface area (TPSA) is 43.1 Å². The molecular formula is C13H8ClF3N4S. The molecule has 114 valence electrons. The number of rotatable bonds is 2. The molecule has 0 aromatic carbocycles. The molecule has 0 N–H and O–H groups in total. The Balaban J connectivity index is 1.66. The van der Waals surface area contributed by atoms with Crippen molar-refractivity contribution in [1.29, 1.82) is 0 Å². The summed E-state index contributed by atoms with van der Waals surface area (Å²) in [6, 6.07) is 1.73. The van der Waals surface area contributed by atoms with Gasteiger partial charge in [0.15, 0.2) is 11.3 Å². The average molecular weight is 345 g/mol. The number of aromatic nitrogens is 4. The summed E-state index contributed by atoms with van der Waals surface area (Å²) in [6.45, 7) is 0. The van der Waals surface area contributed by atoms with Crippen LogP contribution in [0.4, 0.5) is 13.2 Å². The lowest BCUT2D eigenvalue weighted by Crippen LogP contribution is -2.05. The standard InChI is InChI=1S/C13H8ClF3N4S/c14-10-4-7(11-18-1-2-21(11)20-10)6-3-8(6)12-19-9(5-22-12)13(15,16)17/h1-2,4-6,8H,3H2/t6-,8+/m1/s1. The van der Waals surface area contributed by atoms with E-state index in [2.05, 4.69) is 15.1 Å². The van der Waals surface area contributed by atoms with Crippen LogP contribution in [-0.2, 0) is 6.18 Å². The van der Waals surface area contributed by atoms with Crippen molar-refractivity contribution < 1.29 is 13.2 Å². The van der Waals surface area contributed by atoms with Crippen molar-refractivity contribution in [1.82, 2.24) is 19.6 Å². The Morgan fingerprint density at radius 2 is 2.14 bits per heavy atom. The zero-order valence-electron chi connectivity index (χ0n) is 10.9. The highest BCUT2D eigenvalue weighted by molar-refractivity contribution is 7.09. The first-order valence-electron chi connectivity index (χ1n) is 6.46. The minimum absolute atomic E-state index is 0.0138. The molecule has 4 rings (SSSR count). The highest BCUT2D eigenvalue weighted by Gasteiger charge is 2.44. The highest BCUT2D eigenvalue weighted by atomic mass is 35.5. The highest BCUT2D eigenvalue weighted by Crippen LogP contribution is 2.56. The summed E-state index contributed by atoms with van der Waals surface area (Å²) < 4.78 is 39.5. The van der Waals surface area contributed by atoms with Gasteiger partial charge in [0.2, 0.25) is 0 Å². The molecule has 1 saturated carbocycles. The van der Waals surface area contributed by atoms with Crippen LogP contribution in [0.3, 0.4) is 0 Å². The molecule has 4 nitrogen and oxygen atoms in total. The van der Waals surface area contributed by atoms with Gasteiger partial charge in [-0.15, -0.1) is 11.3 Å². The summed E-state index contributed by atoms with van der Waals surface area (Å²) in [7, 11) is 0. The van der Waals surface area contributed by atoms with E-state index in [0.29, 0.717) is 15.8 Å². The third-order valence-corrected chi connectivity index (χ3v) is 4.84. The van der Waals surface area contributed by atoms with E-state index in [1.165, 1.54) is 0 Å². The molecule has 0 bridgehead atoms. The fourth-order valence-electron chi connectivity index (χ4n) is 2.58. The minimum atomic E-state index is -4.39. The lowest BCUT2D eigenvalue weighted by Gasteiger charge is -2.03. The van der Waals surface area contributed by atoms with Gasteiger partial charge < -0.3 is 0 Å². The van der Waals surface area contributed by atoms with E-state index < -0.39 is 11.9 Å². The molecule has 1 aliphatic rings. The van der Waals surface area contributed by atoms with Crippen LogP contribution >= 0.6 is 22.9 Å². The van der Waals surface area contributed by atoms with Crippen LogP contribution in [0.15, 0.2) is 23.8 Å². The SMILES string of the molecule is FC(F)(F)c1csc([C@H]2C[C@@H]2c2cc(Cl)nn3ccnc23)n1. The second-order valence-corrected chi connectivity index (χ2v) is 6.41. The summed E-state index contributed by atoms with van der Waals surface area (Å²) in [4.78, 5) is 7.97. The Morgan fingerprint density at radius 1 is 1.32 bits per heavy atom. The number of hydrogen-bond donors (Lipinski definition) is 0. The smallest absolute Gasteiger partial charge is 0.236 e. The summed E-state index contributed by atoms with van der Waals surface area (Å²) in [6.07, 6.45) is -0.346. The van der Waals surface area contributed by atoms with E-state index in [1.807, 2.05) is 0 Å². The van der Waals surface area contributed by atoms with Crippen LogP contribution in [0, 0.1) is 0 Å². The van der Waals surface area contributed by atoms with Crippen molar-refractivity contribution in [2.24, 2.45) is 0 Å². The monoisotopic (exact) mass is 344 g/mol. The average Bonchev–Trinajstić information content (AvgIpc) is 2.87. The van der Waals surface area contributed by atoms with E-state index in [4.69, 9.17) is 11.6 Å². The maximum Gasteiger partial charge on any atom is 0.434 e. The molecule has 2 atom stereocenters. The molecule has 0 spiro atoms. The van der Waals surface area contributed by atoms with E-state index in [0.717, 1.165) is 28.7 Å². The zero-order chi connectivity index (χ0) is 15.5. The van der Waals surface area contributed by atoms with Crippen molar-refractivity contribution in [3.63, 3.8) is 0 Å². The zero-order valence-corrected chi connectivity index (χ0v) is 12.5. The Bertz CT molecular complexity index is 856. The minimum Gasteiger partial charge on any atom is -0.236 e. The van der Waals surface area contributed by atoms with Gasteiger partial charge >= 0.3 is 6.18 Å². The van der Waals surface area contributed by atoms with Crippen molar-refractivity contribution in [2.75, 3.05) is 0 Å². The molecule has 0 amide bonds. The van der Waals surface area contributed by atoms with Crippen LogP contribution in [-0.4, -0.2) is 19.6 Å². The van der Waals surface area contributed by atoms with Gasteiger partial charge in [-0.2, -0.15) is 18.3 Å². The number of imidazole rings is 1. The number of fused-ring (bicyclic) bond motifs is 1. The molecule has 3 heterocycles. The molecule has 3 aromatic rings. The summed E-state index contributed by atoms with van der Waals surface area (Å²) in [5, 5.41) is 6.01. The largest absolute Gasteiger partial charge is 0.434 e. The first-order chi connectivity index (χ1) is 10.4. The lowest BCUT2D eigenvalue weighted by molar-refractivity contribution is -0.140. The van der Waals surface area contributed by atoms with Crippen LogP contribution in [0.5, 0.6) is 0 Å². The molecule has 0 saturated heterocycles. The number of nitrogens with zero attached hydrogens (tertiary/aromatic N) is 4. The molecular weight excluding hydrogens is 337 g/mol. The van der Waals surface area contributed by atoms with Crippen LogP contribution in [0.25, 0.3) is 5.65 Å². The molecule has 0 unspecified atom stereocenters. The third kappa shape index (κ3) is 2.26. The van der Waals surface area contributed by atoms with Gasteiger partial charge in [-0.1, -0.05) is 11.6 Å². The maximum atomic E-state index is 12.6. The van der Waals surface area contributed by atoms with Crippen LogP contribution in [0.1, 0.15) is 34.5 Å². The number of halogens is 4. The van der Waals surface area contributed by atoms with Crippen LogP contribution < -0.4 is 0 Å². The lowest BCUT2D eigenvalue weighted by atomic mass is 10.1. The number of hydrogen-bond acceptors (Lipinski definition) is 4. The van der Waals surface area contributed by atoms with Crippen molar-refractivity contribution in [3.05, 3.63) is 45.3 Å². The number of alkyl halides is 3. The van der Waals surface area contributed by atoms with Gasteiger partial charge in [-0.05, 0) is 18.4 Å². The van der Waals surface area contributed by atoms with Gasteiger partial charge in [-0.3, -0.25) is 0 Å². The second kappa shape index (κ2) is 4.66. The van der Waals surface area contributed by atoms with E-state index >= 15 is 0 Å². The van der Waals surface area contributed by atoms with Gasteiger partial charge in [-0.25, -0.2) is 14.5 Å². The third-order valence-electron chi connectivity index (χ3n) is 3.68. The number of thiazole rings is 1. The molecule has 0 aliphatic heterocycles. The Labute approximate surface area is 131 Å². The molecule has 9 heteroatoms. The Morgan fingerprint density at radius 3 is 2.86 bits per heavy atom. The maximum absolute atomic E-state index is 12.6.